The van der Waals surface area contributed by atoms with Crippen LogP contribution in [0.1, 0.15) is 15.9 Å². The van der Waals surface area contributed by atoms with E-state index in [0.29, 0.717) is 0 Å². The summed E-state index contributed by atoms with van der Waals surface area (Å²) in [5, 5.41) is 0.0519. The van der Waals surface area contributed by atoms with E-state index in [1.165, 1.54) is 12.1 Å². The number of hydrogen-bond donors (Lipinski definition) is 0. The predicted molar refractivity (Wildman–Crippen MR) is 75.1 cm³/mol. The van der Waals surface area contributed by atoms with Crippen molar-refractivity contribution in [3.8, 4) is 11.3 Å². The number of halogens is 6. The normalized spacial score (nSPS) is 11.5. The molecule has 0 bridgehead atoms. The Morgan fingerprint density at radius 1 is 1.05 bits per heavy atom. The highest BCUT2D eigenvalue weighted by atomic mass is 35.5. The number of benzene rings is 1. The third-order valence-corrected chi connectivity index (χ3v) is 4.00. The molecule has 0 fully saturated rings. The number of nitrogens with zero attached hydrogens (tertiary/aromatic N) is 1. The van der Waals surface area contributed by atoms with Crippen LogP contribution in [-0.2, 0) is 6.18 Å². The second-order valence-corrected chi connectivity index (χ2v) is 5.12. The van der Waals surface area contributed by atoms with Crippen molar-refractivity contribution < 1.29 is 18.0 Å². The van der Waals surface area contributed by atoms with E-state index in [2.05, 4.69) is 4.98 Å². The van der Waals surface area contributed by atoms with E-state index in [1.807, 2.05) is 0 Å². The minimum absolute atomic E-state index is 0.0214. The maximum Gasteiger partial charge on any atom is 0.417 e. The van der Waals surface area contributed by atoms with Gasteiger partial charge in [-0.25, -0.2) is 0 Å². The van der Waals surface area contributed by atoms with Gasteiger partial charge in [-0.3, -0.25) is 9.78 Å². The number of alkyl halides is 3. The summed E-state index contributed by atoms with van der Waals surface area (Å²) < 4.78 is 38.7. The Labute approximate surface area is 132 Å². The average Bonchev–Trinajstić information content (AvgIpc) is 2.43. The van der Waals surface area contributed by atoms with Crippen LogP contribution in [0.2, 0.25) is 15.1 Å². The summed E-state index contributed by atoms with van der Waals surface area (Å²) in [7, 11) is 0. The van der Waals surface area contributed by atoms with E-state index in [-0.39, 0.29) is 32.6 Å². The molecule has 0 saturated heterocycles. The summed E-state index contributed by atoms with van der Waals surface area (Å²) in [6, 6.07) is 3.44. The molecule has 2 nitrogen and oxygen atoms in total. The minimum Gasteiger partial charge on any atom is -0.298 e. The highest BCUT2D eigenvalue weighted by Crippen LogP contribution is 2.40. The number of hydrogen-bond acceptors (Lipinski definition) is 2. The monoisotopic (exact) mass is 353 g/mol. The number of pyridine rings is 1. The van der Waals surface area contributed by atoms with Crippen molar-refractivity contribution in [3.63, 3.8) is 0 Å². The fraction of sp³-hybridized carbons (Fsp3) is 0.0769. The molecule has 8 heteroatoms. The lowest BCUT2D eigenvalue weighted by Crippen LogP contribution is -2.11. The molecule has 0 unspecified atom stereocenters. The van der Waals surface area contributed by atoms with Crippen LogP contribution in [0.15, 0.2) is 24.4 Å². The molecule has 0 saturated carbocycles. The van der Waals surface area contributed by atoms with Crippen LogP contribution in [0.25, 0.3) is 11.3 Å². The van der Waals surface area contributed by atoms with Gasteiger partial charge in [-0.15, -0.1) is 0 Å². The zero-order valence-corrected chi connectivity index (χ0v) is 12.3. The first kappa shape index (κ1) is 16.1. The van der Waals surface area contributed by atoms with Gasteiger partial charge in [0, 0.05) is 11.8 Å². The molecule has 1 heterocycles. The molecule has 0 amide bonds. The largest absolute Gasteiger partial charge is 0.417 e. The van der Waals surface area contributed by atoms with Gasteiger partial charge in [0.2, 0.25) is 0 Å². The van der Waals surface area contributed by atoms with E-state index in [0.717, 1.165) is 12.3 Å². The molecule has 21 heavy (non-hydrogen) atoms. The highest BCUT2D eigenvalue weighted by Gasteiger charge is 2.35. The van der Waals surface area contributed by atoms with Crippen molar-refractivity contribution in [3.05, 3.63) is 50.6 Å². The fourth-order valence-corrected chi connectivity index (χ4v) is 2.39. The van der Waals surface area contributed by atoms with Gasteiger partial charge in [-0.1, -0.05) is 34.8 Å². The Bertz CT molecular complexity index is 717. The molecular weight excluding hydrogens is 350 g/mol. The Morgan fingerprint density at radius 2 is 1.71 bits per heavy atom. The first-order valence-corrected chi connectivity index (χ1v) is 6.56. The van der Waals surface area contributed by atoms with Crippen molar-refractivity contribution in [2.24, 2.45) is 0 Å². The van der Waals surface area contributed by atoms with Crippen LogP contribution in [0.5, 0.6) is 0 Å². The van der Waals surface area contributed by atoms with Crippen LogP contribution < -0.4 is 0 Å². The van der Waals surface area contributed by atoms with Crippen LogP contribution >= 0.6 is 34.8 Å². The van der Waals surface area contributed by atoms with Gasteiger partial charge >= 0.3 is 6.18 Å². The van der Waals surface area contributed by atoms with Gasteiger partial charge in [0.1, 0.15) is 0 Å². The van der Waals surface area contributed by atoms with Crippen molar-refractivity contribution in [2.45, 2.75) is 6.18 Å². The van der Waals surface area contributed by atoms with Gasteiger partial charge in [0.25, 0.3) is 0 Å². The van der Waals surface area contributed by atoms with Crippen molar-refractivity contribution >= 4 is 41.1 Å². The fourth-order valence-electron chi connectivity index (χ4n) is 1.76. The third kappa shape index (κ3) is 3.00. The van der Waals surface area contributed by atoms with Gasteiger partial charge in [-0.05, 0) is 18.2 Å². The molecule has 1 aromatic carbocycles. The van der Waals surface area contributed by atoms with E-state index in [4.69, 9.17) is 34.8 Å². The summed E-state index contributed by atoms with van der Waals surface area (Å²) in [4.78, 5) is 14.9. The second-order valence-electron chi connectivity index (χ2n) is 3.96. The molecule has 0 radical (unpaired) electrons. The summed E-state index contributed by atoms with van der Waals surface area (Å²) in [6.45, 7) is 0. The zero-order valence-electron chi connectivity index (χ0n) is 10.0. The lowest BCUT2D eigenvalue weighted by molar-refractivity contribution is -0.137. The standard InChI is InChI=1S/C13H5Cl3F3NO/c14-9-2-1-6(10(15)11(9)16)12-7(5-21)8(3-4-20-12)13(17,18)19/h1-5H. The molecule has 0 aliphatic rings. The first-order chi connectivity index (χ1) is 9.77. The summed E-state index contributed by atoms with van der Waals surface area (Å²) in [6.07, 6.45) is -3.65. The predicted octanol–water partition coefficient (Wildman–Crippen LogP) is 5.54. The lowest BCUT2D eigenvalue weighted by atomic mass is 10.0. The maximum atomic E-state index is 12.9. The Hall–Kier alpha value is -1.30. The van der Waals surface area contributed by atoms with E-state index >= 15 is 0 Å². The zero-order chi connectivity index (χ0) is 15.8. The number of rotatable bonds is 2. The van der Waals surface area contributed by atoms with Crippen molar-refractivity contribution in [2.75, 3.05) is 0 Å². The van der Waals surface area contributed by atoms with E-state index in [9.17, 15) is 18.0 Å². The number of carbonyl (C=O) groups is 1. The van der Waals surface area contributed by atoms with Gasteiger partial charge in [0.05, 0.1) is 31.9 Å². The number of aldehydes is 1. The lowest BCUT2D eigenvalue weighted by Gasteiger charge is -2.13. The maximum absolute atomic E-state index is 12.9. The molecule has 0 N–H and O–H groups in total. The molecule has 0 atom stereocenters. The van der Waals surface area contributed by atoms with Crippen molar-refractivity contribution in [1.29, 1.82) is 0 Å². The van der Waals surface area contributed by atoms with Gasteiger partial charge in [0.15, 0.2) is 6.29 Å². The van der Waals surface area contributed by atoms with E-state index in [1.54, 1.807) is 0 Å². The molecule has 2 aromatic rings. The molecule has 1 aromatic heterocycles. The van der Waals surface area contributed by atoms with Gasteiger partial charge in [-0.2, -0.15) is 13.2 Å². The topological polar surface area (TPSA) is 30.0 Å². The minimum atomic E-state index is -4.68. The second kappa shape index (κ2) is 5.83. The molecule has 0 spiro atoms. The van der Waals surface area contributed by atoms with Crippen LogP contribution in [0.4, 0.5) is 13.2 Å². The van der Waals surface area contributed by atoms with E-state index < -0.39 is 17.3 Å². The van der Waals surface area contributed by atoms with Crippen molar-refractivity contribution in [1.82, 2.24) is 4.98 Å². The summed E-state index contributed by atoms with van der Waals surface area (Å²) >= 11 is 17.6. The van der Waals surface area contributed by atoms with Crippen LogP contribution in [-0.4, -0.2) is 11.3 Å². The molecular formula is C13H5Cl3F3NO. The Balaban J connectivity index is 2.77. The van der Waals surface area contributed by atoms with Gasteiger partial charge < -0.3 is 0 Å². The smallest absolute Gasteiger partial charge is 0.298 e. The number of aromatic nitrogens is 1. The summed E-state index contributed by atoms with van der Waals surface area (Å²) in [5.74, 6) is 0. The van der Waals surface area contributed by atoms with Crippen LogP contribution in [0.3, 0.4) is 0 Å². The summed E-state index contributed by atoms with van der Waals surface area (Å²) in [5.41, 5.74) is -1.81. The highest BCUT2D eigenvalue weighted by molar-refractivity contribution is 6.49. The quantitative estimate of drug-likeness (QED) is 0.523. The first-order valence-electron chi connectivity index (χ1n) is 5.42. The molecule has 2 rings (SSSR count). The molecule has 110 valence electrons. The number of carbonyl (C=O) groups excluding carboxylic acids is 1. The molecule has 0 aliphatic heterocycles. The Morgan fingerprint density at radius 3 is 2.29 bits per heavy atom. The Kier molecular flexibility index (Phi) is 4.46. The molecule has 0 aliphatic carbocycles. The van der Waals surface area contributed by atoms with Crippen LogP contribution in [0, 0.1) is 0 Å². The third-order valence-electron chi connectivity index (χ3n) is 2.70. The SMILES string of the molecule is O=Cc1c(C(F)(F)F)ccnc1-c1ccc(Cl)c(Cl)c1Cl. The average molecular weight is 355 g/mol.